The minimum Gasteiger partial charge on any atom is -0.394 e. The highest BCUT2D eigenvalue weighted by molar-refractivity contribution is 4.80. The minimum atomic E-state index is -1.21. The average Bonchev–Trinajstić information content (AvgIpc) is 2.27. The summed E-state index contributed by atoms with van der Waals surface area (Å²) in [6.07, 6.45) is -2.50. The van der Waals surface area contributed by atoms with E-state index in [4.69, 9.17) is 36.4 Å². The lowest BCUT2D eigenvalue weighted by molar-refractivity contribution is -0.159. The summed E-state index contributed by atoms with van der Waals surface area (Å²) in [5, 5.41) is 51.9. The van der Waals surface area contributed by atoms with Crippen molar-refractivity contribution >= 4 is 0 Å². The van der Waals surface area contributed by atoms with Crippen LogP contribution in [0, 0.1) is 0 Å². The van der Waals surface area contributed by atoms with Gasteiger partial charge in [0.05, 0.1) is 25.4 Å². The van der Waals surface area contributed by atoms with Gasteiger partial charge in [0.15, 0.2) is 0 Å². The number of aliphatic hydroxyl groups excluding tert-OH is 6. The van der Waals surface area contributed by atoms with Crippen LogP contribution in [0.2, 0.25) is 0 Å². The van der Waals surface area contributed by atoms with Crippen LogP contribution < -0.4 is 5.73 Å². The fourth-order valence-electron chi connectivity index (χ4n) is 1.09. The molecule has 3 unspecified atom stereocenters. The number of nitrogens with zero attached hydrogens (tertiary/aromatic N) is 1. The molecule has 0 saturated carbocycles. The highest BCUT2D eigenvalue weighted by atomic mass is 16.4. The molecular weight excluding hydrogens is 244 g/mol. The Morgan fingerprint density at radius 3 is 1.06 bits per heavy atom. The monoisotopic (exact) mass is 270 g/mol. The maximum absolute atomic E-state index is 8.96. The van der Waals surface area contributed by atoms with Crippen LogP contribution in [0.1, 0.15) is 20.8 Å². The summed E-state index contributed by atoms with van der Waals surface area (Å²) in [6, 6.07) is 0. The molecule has 0 radical (unpaired) electrons. The summed E-state index contributed by atoms with van der Waals surface area (Å²) >= 11 is 0. The summed E-state index contributed by atoms with van der Waals surface area (Å²) in [5.41, 5.74) is 3.94. The van der Waals surface area contributed by atoms with Crippen LogP contribution in [0.3, 0.4) is 0 Å². The largest absolute Gasteiger partial charge is 0.394 e. The molecular formula is C10H26N2O6. The normalized spacial score (nSPS) is 16.8. The zero-order valence-electron chi connectivity index (χ0n) is 11.1. The van der Waals surface area contributed by atoms with Crippen molar-refractivity contribution in [1.29, 1.82) is 0 Å². The SMILES string of the molecule is CC(O)N(C(C)O)C(C)O.NC(CO)(CO)CO. The van der Waals surface area contributed by atoms with E-state index in [0.29, 0.717) is 0 Å². The predicted molar refractivity (Wildman–Crippen MR) is 65.1 cm³/mol. The number of hydrogen-bond donors (Lipinski definition) is 7. The number of nitrogens with two attached hydrogens (primary N) is 1. The molecule has 0 saturated heterocycles. The lowest BCUT2D eigenvalue weighted by Gasteiger charge is -2.30. The van der Waals surface area contributed by atoms with Gasteiger partial charge in [0, 0.05) is 0 Å². The van der Waals surface area contributed by atoms with E-state index < -0.39 is 44.0 Å². The fourth-order valence-corrected chi connectivity index (χ4v) is 1.09. The molecule has 8 heteroatoms. The van der Waals surface area contributed by atoms with Gasteiger partial charge in [-0.1, -0.05) is 0 Å². The van der Waals surface area contributed by atoms with Crippen molar-refractivity contribution in [3.05, 3.63) is 0 Å². The highest BCUT2D eigenvalue weighted by Crippen LogP contribution is 2.04. The topological polar surface area (TPSA) is 151 Å². The van der Waals surface area contributed by atoms with E-state index in [2.05, 4.69) is 0 Å². The fraction of sp³-hybridized carbons (Fsp3) is 1.00. The maximum atomic E-state index is 8.96. The molecule has 0 aromatic rings. The molecule has 18 heavy (non-hydrogen) atoms. The van der Waals surface area contributed by atoms with Crippen molar-refractivity contribution in [3.63, 3.8) is 0 Å². The molecule has 8 nitrogen and oxygen atoms in total. The van der Waals surface area contributed by atoms with Crippen LogP contribution >= 0.6 is 0 Å². The standard InChI is InChI=1S/C6H15NO3.C4H11NO3/c1-4(8)7(5(2)9)6(3)10;5-4(1-6,2-7)3-8/h4-6,8-10H,1-3H3;6-8H,1-3,5H2. The van der Waals surface area contributed by atoms with Gasteiger partial charge in [-0.3, -0.25) is 0 Å². The van der Waals surface area contributed by atoms with Gasteiger partial charge in [0.2, 0.25) is 0 Å². The Bertz CT molecular complexity index is 170. The van der Waals surface area contributed by atoms with Crippen LogP contribution in [0.25, 0.3) is 0 Å². The van der Waals surface area contributed by atoms with Crippen LogP contribution in [0.5, 0.6) is 0 Å². The molecule has 0 spiro atoms. The summed E-state index contributed by atoms with van der Waals surface area (Å²) in [5.74, 6) is 0. The summed E-state index contributed by atoms with van der Waals surface area (Å²) < 4.78 is 0. The second-order valence-corrected chi connectivity index (χ2v) is 4.18. The van der Waals surface area contributed by atoms with E-state index in [1.54, 1.807) is 0 Å². The average molecular weight is 270 g/mol. The zero-order chi connectivity index (χ0) is 14.9. The highest BCUT2D eigenvalue weighted by Gasteiger charge is 2.21. The van der Waals surface area contributed by atoms with Crippen molar-refractivity contribution in [2.24, 2.45) is 5.73 Å². The first-order valence-electron chi connectivity index (χ1n) is 5.58. The van der Waals surface area contributed by atoms with Crippen molar-refractivity contribution in [1.82, 2.24) is 4.90 Å². The summed E-state index contributed by atoms with van der Waals surface area (Å²) in [6.45, 7) is 3.25. The molecule has 0 aliphatic carbocycles. The Balaban J connectivity index is 0. The Hall–Kier alpha value is -0.320. The third-order valence-corrected chi connectivity index (χ3v) is 2.24. The Morgan fingerprint density at radius 1 is 0.833 bits per heavy atom. The molecule has 3 atom stereocenters. The van der Waals surface area contributed by atoms with E-state index in [1.807, 2.05) is 0 Å². The molecule has 0 aromatic heterocycles. The maximum Gasteiger partial charge on any atom is 0.108 e. The summed E-state index contributed by atoms with van der Waals surface area (Å²) in [7, 11) is 0. The van der Waals surface area contributed by atoms with Crippen molar-refractivity contribution in [2.45, 2.75) is 45.0 Å². The molecule has 0 rings (SSSR count). The van der Waals surface area contributed by atoms with Gasteiger partial charge in [-0.25, -0.2) is 4.90 Å². The quantitative estimate of drug-likeness (QED) is 0.252. The molecule has 0 fully saturated rings. The Labute approximate surface area is 107 Å². The van der Waals surface area contributed by atoms with Crippen LogP contribution in [0.15, 0.2) is 0 Å². The van der Waals surface area contributed by atoms with Crippen molar-refractivity contribution < 1.29 is 30.6 Å². The third-order valence-electron chi connectivity index (χ3n) is 2.24. The predicted octanol–water partition coefficient (Wildman–Crippen LogP) is -3.04. The first-order chi connectivity index (χ1) is 8.15. The second kappa shape index (κ2) is 9.59. The Kier molecular flexibility index (Phi) is 10.7. The van der Waals surface area contributed by atoms with Gasteiger partial charge in [-0.05, 0) is 20.8 Å². The molecule has 8 N–H and O–H groups in total. The molecule has 0 amide bonds. The first kappa shape index (κ1) is 20.0. The minimum absolute atomic E-state index is 0.403. The van der Waals surface area contributed by atoms with Gasteiger partial charge >= 0.3 is 0 Å². The van der Waals surface area contributed by atoms with E-state index in [1.165, 1.54) is 25.7 Å². The second-order valence-electron chi connectivity index (χ2n) is 4.18. The lowest BCUT2D eigenvalue weighted by atomic mass is 10.1. The van der Waals surface area contributed by atoms with Crippen LogP contribution in [-0.2, 0) is 0 Å². The van der Waals surface area contributed by atoms with Gasteiger partial charge in [0.1, 0.15) is 18.7 Å². The van der Waals surface area contributed by atoms with Crippen molar-refractivity contribution in [2.75, 3.05) is 19.8 Å². The lowest BCUT2D eigenvalue weighted by Crippen LogP contribution is -2.50. The van der Waals surface area contributed by atoms with E-state index in [9.17, 15) is 0 Å². The molecule has 112 valence electrons. The number of rotatable bonds is 6. The molecule has 0 bridgehead atoms. The third kappa shape index (κ3) is 7.90. The summed E-state index contributed by atoms with van der Waals surface area (Å²) in [4.78, 5) is 1.17. The Morgan fingerprint density at radius 2 is 1.06 bits per heavy atom. The van der Waals surface area contributed by atoms with Crippen LogP contribution in [-0.4, -0.2) is 79.6 Å². The van der Waals surface area contributed by atoms with Crippen LogP contribution in [0.4, 0.5) is 0 Å². The number of hydrogen-bond acceptors (Lipinski definition) is 8. The smallest absolute Gasteiger partial charge is 0.108 e. The number of aliphatic hydroxyl groups is 6. The van der Waals surface area contributed by atoms with Gasteiger partial charge in [-0.15, -0.1) is 0 Å². The van der Waals surface area contributed by atoms with E-state index in [0.717, 1.165) is 0 Å². The van der Waals surface area contributed by atoms with E-state index >= 15 is 0 Å². The molecule has 0 aliphatic heterocycles. The first-order valence-corrected chi connectivity index (χ1v) is 5.58. The van der Waals surface area contributed by atoms with Gasteiger partial charge in [0.25, 0.3) is 0 Å². The zero-order valence-corrected chi connectivity index (χ0v) is 11.1. The molecule has 0 aliphatic rings. The van der Waals surface area contributed by atoms with E-state index in [-0.39, 0.29) is 0 Å². The van der Waals surface area contributed by atoms with Crippen molar-refractivity contribution in [3.8, 4) is 0 Å². The molecule has 0 aromatic carbocycles. The van der Waals surface area contributed by atoms with Gasteiger partial charge in [-0.2, -0.15) is 0 Å². The molecule has 0 heterocycles. The van der Waals surface area contributed by atoms with Gasteiger partial charge < -0.3 is 36.4 Å².